The molecule has 0 amide bonds. The molecule has 2 N–H and O–H groups in total. The fraction of sp³-hybridized carbons (Fsp3) is 0.778. The van der Waals surface area contributed by atoms with E-state index in [1.165, 1.54) is 0 Å². The van der Waals surface area contributed by atoms with Crippen molar-refractivity contribution in [2.45, 2.75) is 39.4 Å². The molecule has 2 heteroatoms. The molecule has 2 nitrogen and oxygen atoms in total. The van der Waals surface area contributed by atoms with E-state index in [9.17, 15) is 10.2 Å². The second-order valence-corrected chi connectivity index (χ2v) is 3.14. The van der Waals surface area contributed by atoms with Crippen LogP contribution >= 0.6 is 0 Å². The van der Waals surface area contributed by atoms with Crippen LogP contribution in [-0.4, -0.2) is 22.4 Å². The molecule has 0 radical (unpaired) electrons. The summed E-state index contributed by atoms with van der Waals surface area (Å²) in [5.41, 5.74) is 0. The average molecular weight is 158 g/mol. The topological polar surface area (TPSA) is 40.5 Å². The van der Waals surface area contributed by atoms with Crippen LogP contribution in [0.1, 0.15) is 27.2 Å². The highest BCUT2D eigenvalue weighted by atomic mass is 16.3. The summed E-state index contributed by atoms with van der Waals surface area (Å²) in [6.45, 7) is 5.73. The van der Waals surface area contributed by atoms with Crippen LogP contribution in [0.2, 0.25) is 0 Å². The Kier molecular flexibility index (Phi) is 5.16. The summed E-state index contributed by atoms with van der Waals surface area (Å²) in [6.07, 6.45) is 3.00. The molecule has 0 aromatic carbocycles. The fourth-order valence-corrected chi connectivity index (χ4v) is 0.820. The van der Waals surface area contributed by atoms with Gasteiger partial charge in [0.05, 0.1) is 12.2 Å². The van der Waals surface area contributed by atoms with Gasteiger partial charge in [-0.25, -0.2) is 0 Å². The normalized spacial score (nSPS) is 17.6. The minimum Gasteiger partial charge on any atom is -0.393 e. The van der Waals surface area contributed by atoms with Crippen LogP contribution in [0.15, 0.2) is 12.2 Å². The van der Waals surface area contributed by atoms with E-state index < -0.39 is 12.2 Å². The maximum atomic E-state index is 9.33. The SMILES string of the molecule is CC=CC(O)CC(O)C(C)C. The molecule has 0 aromatic rings. The Bertz CT molecular complexity index is 119. The molecule has 2 atom stereocenters. The van der Waals surface area contributed by atoms with Gasteiger partial charge in [-0.2, -0.15) is 0 Å². The third kappa shape index (κ3) is 4.99. The monoisotopic (exact) mass is 158 g/mol. The highest BCUT2D eigenvalue weighted by molar-refractivity contribution is 4.87. The summed E-state index contributed by atoms with van der Waals surface area (Å²) in [5, 5.41) is 18.6. The number of rotatable bonds is 4. The quantitative estimate of drug-likeness (QED) is 0.606. The zero-order chi connectivity index (χ0) is 8.85. The molecule has 0 fully saturated rings. The Morgan fingerprint density at radius 2 is 1.82 bits per heavy atom. The Morgan fingerprint density at radius 3 is 2.18 bits per heavy atom. The van der Waals surface area contributed by atoms with Gasteiger partial charge in [0.15, 0.2) is 0 Å². The van der Waals surface area contributed by atoms with Crippen LogP contribution in [0.25, 0.3) is 0 Å². The summed E-state index contributed by atoms with van der Waals surface area (Å²) in [4.78, 5) is 0. The van der Waals surface area contributed by atoms with E-state index in [2.05, 4.69) is 0 Å². The van der Waals surface area contributed by atoms with Crippen LogP contribution in [0, 0.1) is 5.92 Å². The first-order valence-electron chi connectivity index (χ1n) is 4.06. The lowest BCUT2D eigenvalue weighted by molar-refractivity contribution is 0.0714. The second-order valence-electron chi connectivity index (χ2n) is 3.14. The van der Waals surface area contributed by atoms with Gasteiger partial charge < -0.3 is 10.2 Å². The molecule has 0 heterocycles. The smallest absolute Gasteiger partial charge is 0.0745 e. The van der Waals surface area contributed by atoms with Crippen molar-refractivity contribution in [3.05, 3.63) is 12.2 Å². The second kappa shape index (κ2) is 5.33. The van der Waals surface area contributed by atoms with E-state index in [1.54, 1.807) is 12.2 Å². The van der Waals surface area contributed by atoms with Gasteiger partial charge in [0, 0.05) is 6.42 Å². The number of hydrogen-bond acceptors (Lipinski definition) is 2. The van der Waals surface area contributed by atoms with Gasteiger partial charge in [0.25, 0.3) is 0 Å². The van der Waals surface area contributed by atoms with E-state index in [0.717, 1.165) is 0 Å². The lowest BCUT2D eigenvalue weighted by Gasteiger charge is -2.15. The zero-order valence-corrected chi connectivity index (χ0v) is 7.49. The van der Waals surface area contributed by atoms with Crippen molar-refractivity contribution in [3.8, 4) is 0 Å². The molecule has 0 aliphatic carbocycles. The third-order valence-corrected chi connectivity index (χ3v) is 1.67. The summed E-state index contributed by atoms with van der Waals surface area (Å²) in [7, 11) is 0. The van der Waals surface area contributed by atoms with Crippen molar-refractivity contribution in [1.82, 2.24) is 0 Å². The van der Waals surface area contributed by atoms with Gasteiger partial charge in [-0.3, -0.25) is 0 Å². The van der Waals surface area contributed by atoms with E-state index in [0.29, 0.717) is 6.42 Å². The van der Waals surface area contributed by atoms with Crippen LogP contribution in [0.5, 0.6) is 0 Å². The van der Waals surface area contributed by atoms with Crippen LogP contribution in [0.4, 0.5) is 0 Å². The van der Waals surface area contributed by atoms with Crippen LogP contribution in [-0.2, 0) is 0 Å². The molecule has 0 rings (SSSR count). The molecule has 0 aromatic heterocycles. The van der Waals surface area contributed by atoms with E-state index >= 15 is 0 Å². The third-order valence-electron chi connectivity index (χ3n) is 1.67. The maximum absolute atomic E-state index is 9.33. The van der Waals surface area contributed by atoms with Crippen molar-refractivity contribution in [3.63, 3.8) is 0 Å². The molecule has 0 saturated heterocycles. The number of allylic oxidation sites excluding steroid dienone is 1. The predicted octanol–water partition coefficient (Wildman–Crippen LogP) is 1.33. The highest BCUT2D eigenvalue weighted by Gasteiger charge is 2.12. The molecular weight excluding hydrogens is 140 g/mol. The zero-order valence-electron chi connectivity index (χ0n) is 7.49. The summed E-state index contributed by atoms with van der Waals surface area (Å²) >= 11 is 0. The van der Waals surface area contributed by atoms with E-state index in [4.69, 9.17) is 0 Å². The van der Waals surface area contributed by atoms with Gasteiger partial charge >= 0.3 is 0 Å². The summed E-state index contributed by atoms with van der Waals surface area (Å²) in [5.74, 6) is 0.218. The van der Waals surface area contributed by atoms with Crippen molar-refractivity contribution >= 4 is 0 Å². The number of aliphatic hydroxyl groups is 2. The molecule has 2 unspecified atom stereocenters. The largest absolute Gasteiger partial charge is 0.393 e. The first-order valence-corrected chi connectivity index (χ1v) is 4.06. The number of aliphatic hydroxyl groups excluding tert-OH is 2. The standard InChI is InChI=1S/C9H18O2/c1-4-5-8(10)6-9(11)7(2)3/h4-5,7-11H,6H2,1-3H3. The van der Waals surface area contributed by atoms with Gasteiger partial charge in [0.2, 0.25) is 0 Å². The van der Waals surface area contributed by atoms with E-state index in [-0.39, 0.29) is 5.92 Å². The fourth-order valence-electron chi connectivity index (χ4n) is 0.820. The summed E-state index contributed by atoms with van der Waals surface area (Å²) < 4.78 is 0. The molecular formula is C9H18O2. The Morgan fingerprint density at radius 1 is 1.27 bits per heavy atom. The molecule has 0 saturated carbocycles. The van der Waals surface area contributed by atoms with Crippen LogP contribution < -0.4 is 0 Å². The van der Waals surface area contributed by atoms with E-state index in [1.807, 2.05) is 20.8 Å². The van der Waals surface area contributed by atoms with Crippen molar-refractivity contribution in [2.24, 2.45) is 5.92 Å². The summed E-state index contributed by atoms with van der Waals surface area (Å²) in [6, 6.07) is 0. The molecule has 0 aliphatic heterocycles. The van der Waals surface area contributed by atoms with Crippen molar-refractivity contribution < 1.29 is 10.2 Å². The molecule has 66 valence electrons. The van der Waals surface area contributed by atoms with Gasteiger partial charge in [-0.05, 0) is 12.8 Å². The molecule has 0 bridgehead atoms. The lowest BCUT2D eigenvalue weighted by Crippen LogP contribution is -2.20. The predicted molar refractivity (Wildman–Crippen MR) is 46.3 cm³/mol. The van der Waals surface area contributed by atoms with Crippen molar-refractivity contribution in [1.29, 1.82) is 0 Å². The Hall–Kier alpha value is -0.340. The average Bonchev–Trinajstić information content (AvgIpc) is 1.87. The van der Waals surface area contributed by atoms with Gasteiger partial charge in [-0.15, -0.1) is 0 Å². The first kappa shape index (κ1) is 10.7. The Labute approximate surface area is 68.6 Å². The minimum atomic E-state index is -0.502. The van der Waals surface area contributed by atoms with Gasteiger partial charge in [-0.1, -0.05) is 26.0 Å². The Balaban J connectivity index is 3.65. The highest BCUT2D eigenvalue weighted by Crippen LogP contribution is 2.08. The molecule has 0 spiro atoms. The van der Waals surface area contributed by atoms with Gasteiger partial charge in [0.1, 0.15) is 0 Å². The lowest BCUT2D eigenvalue weighted by atomic mass is 10.0. The first-order chi connectivity index (χ1) is 5.07. The molecule has 0 aliphatic rings. The maximum Gasteiger partial charge on any atom is 0.0745 e. The number of hydrogen-bond donors (Lipinski definition) is 2. The minimum absolute atomic E-state index is 0.218. The molecule has 11 heavy (non-hydrogen) atoms. The van der Waals surface area contributed by atoms with Crippen LogP contribution in [0.3, 0.4) is 0 Å². The van der Waals surface area contributed by atoms with Crippen molar-refractivity contribution in [2.75, 3.05) is 0 Å².